The van der Waals surface area contributed by atoms with Gasteiger partial charge in [-0.3, -0.25) is 4.98 Å². The van der Waals surface area contributed by atoms with E-state index in [1.54, 1.807) is 6.07 Å². The highest BCUT2D eigenvalue weighted by Crippen LogP contribution is 2.71. The average Bonchev–Trinajstić information content (AvgIpc) is 3.74. The molecule has 59 heavy (non-hydrogen) atoms. The third-order valence-electron chi connectivity index (χ3n) is 16.0. The number of aromatic amines is 1. The lowest BCUT2D eigenvalue weighted by atomic mass is 9.42. The smallest absolute Gasteiger partial charge is 0.410 e. The number of rotatable bonds is 7. The molecule has 0 spiro atoms. The van der Waals surface area contributed by atoms with Gasteiger partial charge in [0.2, 0.25) is 0 Å². The Morgan fingerprint density at radius 2 is 1.75 bits per heavy atom. The number of aromatic nitrogens is 4. The van der Waals surface area contributed by atoms with Crippen molar-refractivity contribution in [2.75, 3.05) is 13.1 Å². The molecular weight excluding hydrogens is 739 g/mol. The maximum atomic E-state index is 13.6. The van der Waals surface area contributed by atoms with Gasteiger partial charge in [-0.05, 0) is 144 Å². The van der Waals surface area contributed by atoms with Crippen LogP contribution in [-0.4, -0.2) is 60.1 Å². The lowest BCUT2D eigenvalue weighted by molar-refractivity contribution is -0.0797. The van der Waals surface area contributed by atoms with Crippen molar-refractivity contribution in [3.63, 3.8) is 0 Å². The third-order valence-corrected chi connectivity index (χ3v) is 16.0. The number of nitrogens with one attached hydrogen (secondary N) is 1. The van der Waals surface area contributed by atoms with Crippen molar-refractivity contribution in [3.8, 4) is 28.6 Å². The first-order valence-electron chi connectivity index (χ1n) is 21.9. The summed E-state index contributed by atoms with van der Waals surface area (Å²) in [5.74, 6) is 1.86. The van der Waals surface area contributed by atoms with Crippen LogP contribution in [0.2, 0.25) is 0 Å². The van der Waals surface area contributed by atoms with Crippen LogP contribution >= 0.6 is 0 Å². The standard InChI is InChI=1S/C49H59N5O5/c1-30(2)37-27-38(43(56)28-42(37)55)44-51-52-45(57)54(44)35-11-8-31(9-12-35)25-32-17-23-53(24-18-32)46(58)59-36-14-19-47(3)34(26-36)10-13-41-40(47)16-21-48(4)39(15-20-49(41,48)5)33-7-6-22-50-29-33/h6-12,15,22,27-30,32,36,40-41,55-56H,13-14,16-21,23-26H2,1-5H3,(H,52,57)/t36-,40?,41+,47-,48+,49-/m0/s1. The van der Waals surface area contributed by atoms with Gasteiger partial charge >= 0.3 is 11.8 Å². The van der Waals surface area contributed by atoms with Crippen LogP contribution in [-0.2, 0) is 11.2 Å². The lowest BCUT2D eigenvalue weighted by Crippen LogP contribution is -2.54. The average molecular weight is 798 g/mol. The summed E-state index contributed by atoms with van der Waals surface area (Å²) in [5, 5.41) is 27.8. The molecule has 5 aliphatic rings. The molecule has 1 amide bonds. The number of aromatic hydroxyl groups is 2. The van der Waals surface area contributed by atoms with E-state index < -0.39 is 5.69 Å². The van der Waals surface area contributed by atoms with Crippen molar-refractivity contribution >= 4 is 11.7 Å². The fourth-order valence-electron chi connectivity index (χ4n) is 12.2. The van der Waals surface area contributed by atoms with E-state index in [0.29, 0.717) is 47.7 Å². The molecule has 1 aliphatic heterocycles. The SMILES string of the molecule is CC(C)c1cc(-c2n[nH]c(=O)n2-c2ccc(CC3CCN(C(=O)O[C@H]4CC[C@@]5(C)C(=CC[C@@H]6C5CC[C@]5(C)C(c7cccnc7)=CC[C@@]65C)C4)CC3)cc2)c(O)cc1O. The Morgan fingerprint density at radius 1 is 0.966 bits per heavy atom. The molecule has 1 unspecified atom stereocenters. The number of phenols is 2. The Bertz CT molecular complexity index is 2360. The van der Waals surface area contributed by atoms with E-state index in [9.17, 15) is 19.8 Å². The summed E-state index contributed by atoms with van der Waals surface area (Å²) in [5.41, 5.74) is 7.22. The molecule has 10 nitrogen and oxygen atoms in total. The number of pyridine rings is 1. The number of carbonyl (C=O) groups is 1. The summed E-state index contributed by atoms with van der Waals surface area (Å²) in [6.45, 7) is 12.9. The van der Waals surface area contributed by atoms with Gasteiger partial charge < -0.3 is 19.8 Å². The molecular formula is C49H59N5O5. The number of benzene rings is 2. The Morgan fingerprint density at radius 3 is 2.47 bits per heavy atom. The number of ether oxygens (including phenoxy) is 1. The van der Waals surface area contributed by atoms with Crippen molar-refractivity contribution in [2.24, 2.45) is 34.0 Å². The number of nitrogens with zero attached hydrogens (tertiary/aromatic N) is 4. The van der Waals surface area contributed by atoms with Crippen molar-refractivity contribution in [2.45, 2.75) is 111 Å². The summed E-state index contributed by atoms with van der Waals surface area (Å²) in [6.07, 6.45) is 19.0. The highest BCUT2D eigenvalue weighted by Gasteiger charge is 2.62. The normalized spacial score (nSPS) is 29.3. The second-order valence-corrected chi connectivity index (χ2v) is 19.3. The molecule has 10 heteroatoms. The maximum Gasteiger partial charge on any atom is 0.410 e. The highest BCUT2D eigenvalue weighted by atomic mass is 16.6. The number of H-pyrrole nitrogens is 1. The van der Waals surface area contributed by atoms with Crippen molar-refractivity contribution in [1.29, 1.82) is 0 Å². The molecule has 1 saturated heterocycles. The minimum Gasteiger partial charge on any atom is -0.508 e. The van der Waals surface area contributed by atoms with Crippen LogP contribution in [0, 0.1) is 34.0 Å². The number of likely N-dealkylation sites (tertiary alicyclic amines) is 1. The molecule has 310 valence electrons. The number of phenolic OH excluding ortho intramolecular Hbond substituents is 2. The van der Waals surface area contributed by atoms with E-state index in [1.807, 2.05) is 55.4 Å². The number of fused-ring (bicyclic) bond motifs is 5. The monoisotopic (exact) mass is 797 g/mol. The topological polar surface area (TPSA) is 134 Å². The molecule has 2 aromatic heterocycles. The molecule has 9 rings (SSSR count). The highest BCUT2D eigenvalue weighted by molar-refractivity contribution is 5.73. The number of hydrogen-bond acceptors (Lipinski definition) is 7. The largest absolute Gasteiger partial charge is 0.508 e. The van der Waals surface area contributed by atoms with Gasteiger partial charge in [-0.15, -0.1) is 0 Å². The predicted octanol–water partition coefficient (Wildman–Crippen LogP) is 9.96. The third kappa shape index (κ3) is 6.61. The Kier molecular flexibility index (Phi) is 9.91. The molecule has 6 atom stereocenters. The van der Waals surface area contributed by atoms with Crippen LogP contribution < -0.4 is 5.69 Å². The molecule has 4 aliphatic carbocycles. The zero-order valence-electron chi connectivity index (χ0n) is 35.2. The number of piperidine rings is 1. The van der Waals surface area contributed by atoms with E-state index in [4.69, 9.17) is 4.74 Å². The Balaban J connectivity index is 0.793. The van der Waals surface area contributed by atoms with Gasteiger partial charge in [0.1, 0.15) is 17.6 Å². The Hall–Kier alpha value is -5.12. The van der Waals surface area contributed by atoms with Crippen molar-refractivity contribution in [3.05, 3.63) is 106 Å². The van der Waals surface area contributed by atoms with Crippen LogP contribution in [0.15, 0.2) is 83.4 Å². The van der Waals surface area contributed by atoms with E-state index >= 15 is 0 Å². The van der Waals surface area contributed by atoms with Gasteiger partial charge in [-0.2, -0.15) is 5.10 Å². The van der Waals surface area contributed by atoms with E-state index in [0.717, 1.165) is 56.9 Å². The van der Waals surface area contributed by atoms with E-state index in [1.165, 1.54) is 40.2 Å². The second-order valence-electron chi connectivity index (χ2n) is 19.3. The van der Waals surface area contributed by atoms with Gasteiger partial charge in [-0.25, -0.2) is 19.3 Å². The first kappa shape index (κ1) is 39.3. The molecule has 2 saturated carbocycles. The molecule has 3 fully saturated rings. The maximum absolute atomic E-state index is 13.6. The predicted molar refractivity (Wildman–Crippen MR) is 229 cm³/mol. The number of allylic oxidation sites excluding steroid dienone is 3. The Labute approximate surface area is 347 Å². The first-order valence-corrected chi connectivity index (χ1v) is 21.9. The molecule has 2 aromatic carbocycles. The van der Waals surface area contributed by atoms with Crippen LogP contribution in [0.5, 0.6) is 11.5 Å². The molecule has 0 radical (unpaired) electrons. The molecule has 3 heterocycles. The summed E-state index contributed by atoms with van der Waals surface area (Å²) in [6, 6.07) is 15.1. The summed E-state index contributed by atoms with van der Waals surface area (Å²) >= 11 is 0. The molecule has 4 aromatic rings. The second kappa shape index (κ2) is 14.9. The minimum absolute atomic E-state index is 0.00437. The van der Waals surface area contributed by atoms with Gasteiger partial charge in [0.15, 0.2) is 5.82 Å². The summed E-state index contributed by atoms with van der Waals surface area (Å²) < 4.78 is 7.72. The fraction of sp³-hybridized carbons (Fsp3) is 0.510. The zero-order valence-corrected chi connectivity index (χ0v) is 35.2. The van der Waals surface area contributed by atoms with Crippen LogP contribution in [0.1, 0.15) is 115 Å². The summed E-state index contributed by atoms with van der Waals surface area (Å²) in [4.78, 5) is 32.8. The van der Waals surface area contributed by atoms with Crippen molar-refractivity contribution < 1.29 is 19.7 Å². The number of carbonyl (C=O) groups excluding carboxylic acids is 1. The van der Waals surface area contributed by atoms with Crippen LogP contribution in [0.3, 0.4) is 0 Å². The van der Waals surface area contributed by atoms with Crippen LogP contribution in [0.4, 0.5) is 4.79 Å². The van der Waals surface area contributed by atoms with Gasteiger partial charge in [-0.1, -0.05) is 70.5 Å². The minimum atomic E-state index is -0.416. The molecule has 3 N–H and O–H groups in total. The molecule has 0 bridgehead atoms. The zero-order chi connectivity index (χ0) is 41.3. The van der Waals surface area contributed by atoms with Gasteiger partial charge in [0, 0.05) is 38.0 Å². The summed E-state index contributed by atoms with van der Waals surface area (Å²) in [7, 11) is 0. The van der Waals surface area contributed by atoms with Gasteiger partial charge in [0.25, 0.3) is 0 Å². The first-order chi connectivity index (χ1) is 28.3. The van der Waals surface area contributed by atoms with Crippen LogP contribution in [0.25, 0.3) is 22.6 Å². The quantitative estimate of drug-likeness (QED) is 0.159. The lowest BCUT2D eigenvalue weighted by Gasteiger charge is -2.62. The van der Waals surface area contributed by atoms with Gasteiger partial charge in [0.05, 0.1) is 11.3 Å². The number of amides is 1. The number of hydrogen-bond donors (Lipinski definition) is 3. The van der Waals surface area contributed by atoms with E-state index in [-0.39, 0.29) is 51.7 Å². The van der Waals surface area contributed by atoms with Crippen molar-refractivity contribution in [1.82, 2.24) is 24.6 Å². The van der Waals surface area contributed by atoms with E-state index in [2.05, 4.69) is 60.2 Å². The fourth-order valence-corrected chi connectivity index (χ4v) is 12.2.